The number of oxazole rings is 1. The zero-order valence-electron chi connectivity index (χ0n) is 18.0. The summed E-state index contributed by atoms with van der Waals surface area (Å²) in [7, 11) is -1.93. The molecular formula is C22H20N6O4S. The molecule has 2 aromatic carbocycles. The third-order valence-electron chi connectivity index (χ3n) is 5.50. The van der Waals surface area contributed by atoms with E-state index in [1.165, 1.54) is 11.4 Å². The highest BCUT2D eigenvalue weighted by atomic mass is 32.2. The maximum Gasteiger partial charge on any atom is 0.417 e. The molecule has 0 bridgehead atoms. The first-order valence-corrected chi connectivity index (χ1v) is 11.8. The number of sulfonamides is 1. The van der Waals surface area contributed by atoms with Crippen molar-refractivity contribution < 1.29 is 12.8 Å². The summed E-state index contributed by atoms with van der Waals surface area (Å²) >= 11 is 0. The van der Waals surface area contributed by atoms with Crippen molar-refractivity contribution in [2.24, 2.45) is 0 Å². The van der Waals surface area contributed by atoms with E-state index in [0.717, 1.165) is 17.3 Å². The third kappa shape index (κ3) is 3.61. The van der Waals surface area contributed by atoms with Crippen LogP contribution in [-0.4, -0.2) is 41.3 Å². The molecule has 0 radical (unpaired) electrons. The summed E-state index contributed by atoms with van der Waals surface area (Å²) in [6, 6.07) is 14.5. The van der Waals surface area contributed by atoms with Crippen molar-refractivity contribution in [1.29, 1.82) is 0 Å². The number of H-pyrrole nitrogens is 1. The van der Waals surface area contributed by atoms with E-state index >= 15 is 0 Å². The van der Waals surface area contributed by atoms with Crippen LogP contribution < -0.4 is 15.4 Å². The van der Waals surface area contributed by atoms with E-state index in [2.05, 4.69) is 20.4 Å². The summed E-state index contributed by atoms with van der Waals surface area (Å²) in [5.74, 6) is -0.188. The molecular weight excluding hydrogens is 444 g/mol. The summed E-state index contributed by atoms with van der Waals surface area (Å²) in [4.78, 5) is 18.5. The lowest BCUT2D eigenvalue weighted by atomic mass is 10.1. The predicted octanol–water partition coefficient (Wildman–Crippen LogP) is 3.28. The third-order valence-corrected chi connectivity index (χ3v) is 6.69. The minimum absolute atomic E-state index is 0.328. The first-order chi connectivity index (χ1) is 15.7. The van der Waals surface area contributed by atoms with Crippen molar-refractivity contribution in [1.82, 2.24) is 19.6 Å². The van der Waals surface area contributed by atoms with Gasteiger partial charge in [-0.3, -0.25) is 9.29 Å². The second-order valence-electron chi connectivity index (χ2n) is 7.64. The van der Waals surface area contributed by atoms with Gasteiger partial charge in [0.05, 0.1) is 34.9 Å². The van der Waals surface area contributed by atoms with Crippen LogP contribution in [0.4, 0.5) is 17.3 Å². The smallest absolute Gasteiger partial charge is 0.407 e. The molecule has 0 aliphatic heterocycles. The Morgan fingerprint density at radius 1 is 1.12 bits per heavy atom. The average Bonchev–Trinajstić information content (AvgIpc) is 3.37. The number of anilines is 3. The molecule has 5 aromatic rings. The van der Waals surface area contributed by atoms with Gasteiger partial charge in [-0.15, -0.1) is 5.10 Å². The molecule has 11 heteroatoms. The van der Waals surface area contributed by atoms with Crippen molar-refractivity contribution in [3.8, 4) is 11.3 Å². The van der Waals surface area contributed by atoms with E-state index in [1.807, 2.05) is 37.3 Å². The van der Waals surface area contributed by atoms with Gasteiger partial charge in [0.1, 0.15) is 0 Å². The molecule has 0 amide bonds. The van der Waals surface area contributed by atoms with Crippen LogP contribution in [0.15, 0.2) is 63.9 Å². The SMILES string of the molecule is Cc1c(Nc2ncc3ccc(-c4ccccc4N(C)S(C)(=O)=O)n3n2)ccc2[nH]c(=O)oc12. The zero-order chi connectivity index (χ0) is 23.3. The summed E-state index contributed by atoms with van der Waals surface area (Å²) in [6.07, 6.45) is 2.84. The molecule has 0 atom stereocenters. The molecule has 5 rings (SSSR count). The quantitative estimate of drug-likeness (QED) is 0.409. The van der Waals surface area contributed by atoms with E-state index in [4.69, 9.17) is 4.42 Å². The van der Waals surface area contributed by atoms with Crippen LogP contribution in [0.3, 0.4) is 0 Å². The van der Waals surface area contributed by atoms with Crippen LogP contribution in [0.1, 0.15) is 5.56 Å². The fourth-order valence-corrected chi connectivity index (χ4v) is 4.23. The Labute approximate surface area is 188 Å². The van der Waals surface area contributed by atoms with E-state index in [1.54, 1.807) is 28.9 Å². The number of hydrogen-bond donors (Lipinski definition) is 2. The van der Waals surface area contributed by atoms with E-state index in [9.17, 15) is 13.2 Å². The lowest BCUT2D eigenvalue weighted by molar-refractivity contribution is 0.553. The Hall–Kier alpha value is -4.12. The molecule has 0 saturated carbocycles. The second kappa shape index (κ2) is 7.48. The highest BCUT2D eigenvalue weighted by Gasteiger charge is 2.19. The molecule has 0 spiro atoms. The number of fused-ring (bicyclic) bond motifs is 2. The topological polar surface area (TPSA) is 126 Å². The number of aryl methyl sites for hydroxylation is 1. The van der Waals surface area contributed by atoms with Crippen LogP contribution in [0.25, 0.3) is 27.9 Å². The summed E-state index contributed by atoms with van der Waals surface area (Å²) in [6.45, 7) is 1.83. The van der Waals surface area contributed by atoms with Gasteiger partial charge >= 0.3 is 5.76 Å². The van der Waals surface area contributed by atoms with Crippen molar-refractivity contribution >= 4 is 44.0 Å². The minimum atomic E-state index is -3.45. The van der Waals surface area contributed by atoms with Crippen LogP contribution in [0, 0.1) is 6.92 Å². The average molecular weight is 465 g/mol. The van der Waals surface area contributed by atoms with Crippen molar-refractivity contribution in [2.75, 3.05) is 22.9 Å². The molecule has 0 aliphatic carbocycles. The minimum Gasteiger partial charge on any atom is -0.407 e. The number of nitrogens with one attached hydrogen (secondary N) is 2. The molecule has 0 unspecified atom stereocenters. The number of aromatic amines is 1. The molecule has 2 N–H and O–H groups in total. The molecule has 0 saturated heterocycles. The summed E-state index contributed by atoms with van der Waals surface area (Å²) in [5, 5.41) is 7.79. The lowest BCUT2D eigenvalue weighted by Gasteiger charge is -2.20. The van der Waals surface area contributed by atoms with Crippen LogP contribution in [0.2, 0.25) is 0 Å². The van der Waals surface area contributed by atoms with Gasteiger partial charge in [-0.05, 0) is 37.3 Å². The van der Waals surface area contributed by atoms with Gasteiger partial charge in [-0.2, -0.15) is 0 Å². The van der Waals surface area contributed by atoms with Crippen LogP contribution in [0.5, 0.6) is 0 Å². The second-order valence-corrected chi connectivity index (χ2v) is 9.65. The Kier molecular flexibility index (Phi) is 4.71. The highest BCUT2D eigenvalue weighted by Crippen LogP contribution is 2.32. The maximum atomic E-state index is 12.2. The molecule has 3 heterocycles. The largest absolute Gasteiger partial charge is 0.417 e. The zero-order valence-corrected chi connectivity index (χ0v) is 18.8. The first-order valence-electron chi connectivity index (χ1n) is 10.00. The maximum absolute atomic E-state index is 12.2. The predicted molar refractivity (Wildman–Crippen MR) is 127 cm³/mol. The fraction of sp³-hybridized carbons (Fsp3) is 0.136. The molecule has 10 nitrogen and oxygen atoms in total. The molecule has 0 aliphatic rings. The van der Waals surface area contributed by atoms with Gasteiger partial charge in [0.25, 0.3) is 0 Å². The Balaban J connectivity index is 1.59. The Morgan fingerprint density at radius 2 is 1.91 bits per heavy atom. The first kappa shape index (κ1) is 20.8. The van der Waals surface area contributed by atoms with Crippen LogP contribution >= 0.6 is 0 Å². The molecule has 3 aromatic heterocycles. The monoisotopic (exact) mass is 464 g/mol. The van der Waals surface area contributed by atoms with Gasteiger partial charge < -0.3 is 9.73 Å². The number of nitrogens with zero attached hydrogens (tertiary/aromatic N) is 4. The summed E-state index contributed by atoms with van der Waals surface area (Å²) < 4.78 is 32.5. The number of para-hydroxylation sites is 1. The molecule has 168 valence electrons. The van der Waals surface area contributed by atoms with Gasteiger partial charge in [-0.25, -0.2) is 22.7 Å². The number of benzene rings is 2. The van der Waals surface area contributed by atoms with E-state index in [0.29, 0.717) is 39.7 Å². The normalized spacial score (nSPS) is 11.8. The number of rotatable bonds is 5. The van der Waals surface area contributed by atoms with Crippen LogP contribution in [-0.2, 0) is 10.0 Å². The Bertz CT molecular complexity index is 1680. The molecule has 33 heavy (non-hydrogen) atoms. The lowest BCUT2D eigenvalue weighted by Crippen LogP contribution is -2.25. The van der Waals surface area contributed by atoms with Gasteiger partial charge in [0.2, 0.25) is 16.0 Å². The fourth-order valence-electron chi connectivity index (χ4n) is 3.71. The van der Waals surface area contributed by atoms with Gasteiger partial charge in [0.15, 0.2) is 5.58 Å². The highest BCUT2D eigenvalue weighted by molar-refractivity contribution is 7.92. The van der Waals surface area contributed by atoms with Gasteiger partial charge in [-0.1, -0.05) is 18.2 Å². The van der Waals surface area contributed by atoms with Crippen molar-refractivity contribution in [3.05, 3.63) is 70.8 Å². The van der Waals surface area contributed by atoms with Gasteiger partial charge in [0, 0.05) is 23.9 Å². The van der Waals surface area contributed by atoms with E-state index in [-0.39, 0.29) is 0 Å². The number of aromatic nitrogens is 4. The van der Waals surface area contributed by atoms with Crippen molar-refractivity contribution in [3.63, 3.8) is 0 Å². The Morgan fingerprint density at radius 3 is 2.70 bits per heavy atom. The number of hydrogen-bond acceptors (Lipinski definition) is 7. The van der Waals surface area contributed by atoms with Crippen molar-refractivity contribution in [2.45, 2.75) is 6.92 Å². The standard InChI is InChI=1S/C22H20N6O4S/c1-13-16(9-10-17-20(13)32-22(29)25-17)24-21-23-12-14-8-11-19(28(14)26-21)15-6-4-5-7-18(15)27(2)33(3,30)31/h4-12H,1-3H3,(H,24,26)(H,25,29). The molecule has 0 fully saturated rings. The van der Waals surface area contributed by atoms with E-state index < -0.39 is 15.8 Å². The summed E-state index contributed by atoms with van der Waals surface area (Å²) in [5.41, 5.74) is 5.21.